The molecule has 0 aromatic heterocycles. The summed E-state index contributed by atoms with van der Waals surface area (Å²) < 4.78 is 29.1. The molecule has 1 heterocycles. The van der Waals surface area contributed by atoms with Gasteiger partial charge in [0, 0.05) is 12.5 Å². The van der Waals surface area contributed by atoms with Gasteiger partial charge >= 0.3 is 23.9 Å². The molecule has 2 unspecified atom stereocenters. The first kappa shape index (κ1) is 41.7. The van der Waals surface area contributed by atoms with Crippen molar-refractivity contribution in [1.82, 2.24) is 0 Å². The average molecular weight is 784 g/mol. The third-order valence-corrected chi connectivity index (χ3v) is 14.0. The molecule has 11 nitrogen and oxygen atoms in total. The number of aliphatic hydroxyl groups is 1. The number of rotatable bonds is 11. The van der Waals surface area contributed by atoms with Crippen molar-refractivity contribution in [2.45, 2.75) is 137 Å². The van der Waals surface area contributed by atoms with Gasteiger partial charge in [-0.3, -0.25) is 14.4 Å². The zero-order chi connectivity index (χ0) is 39.0. The SMILES string of the molecule is CC(=O)O[C@H]1C[C@@]2(C)[C@@H](C[C@@H](O)C3[C@@]4(C)CC[C@@H](O[C@@H]5C=C[C@H](OC(=O)CCl)[C@@H](OC(=O)CCl)O5)[C@@H](C)C4CC[C@@]32C)/C1=C(\CCC=C(C)C)C(=O)O. The fourth-order valence-corrected chi connectivity index (χ4v) is 11.4. The van der Waals surface area contributed by atoms with E-state index in [1.807, 2.05) is 19.9 Å². The van der Waals surface area contributed by atoms with Crippen molar-refractivity contribution in [3.05, 3.63) is 34.9 Å². The molecule has 0 spiro atoms. The largest absolute Gasteiger partial charge is 0.478 e. The number of carboxylic acid groups (broad SMARTS) is 1. The minimum Gasteiger partial charge on any atom is -0.478 e. The molecular formula is C40H56Cl2O11. The minimum absolute atomic E-state index is 0.0743. The van der Waals surface area contributed by atoms with E-state index in [1.54, 1.807) is 12.2 Å². The number of alkyl halides is 2. The van der Waals surface area contributed by atoms with E-state index < -0.39 is 66.1 Å². The van der Waals surface area contributed by atoms with Gasteiger partial charge in [0.25, 0.3) is 0 Å². The molecule has 0 bridgehead atoms. The quantitative estimate of drug-likeness (QED) is 0.0743. The van der Waals surface area contributed by atoms with Crippen LogP contribution in [-0.2, 0) is 42.9 Å². The van der Waals surface area contributed by atoms with Gasteiger partial charge in [-0.25, -0.2) is 4.79 Å². The normalized spacial score (nSPS) is 41.2. The zero-order valence-electron chi connectivity index (χ0n) is 31.9. The number of halogens is 2. The van der Waals surface area contributed by atoms with Gasteiger partial charge in [0.1, 0.15) is 17.9 Å². The number of aliphatic carboxylic acids is 1. The van der Waals surface area contributed by atoms with E-state index >= 15 is 0 Å². The monoisotopic (exact) mass is 782 g/mol. The van der Waals surface area contributed by atoms with E-state index in [-0.39, 0.29) is 46.5 Å². The lowest BCUT2D eigenvalue weighted by atomic mass is 9.36. The summed E-state index contributed by atoms with van der Waals surface area (Å²) in [6, 6.07) is 0. The number of fused-ring (bicyclic) bond motifs is 5. The number of carbonyl (C=O) groups is 4. The Hall–Kier alpha value is -2.44. The summed E-state index contributed by atoms with van der Waals surface area (Å²) in [6.45, 7) is 14.3. The van der Waals surface area contributed by atoms with Gasteiger partial charge in [-0.05, 0) is 123 Å². The Morgan fingerprint density at radius 2 is 1.64 bits per heavy atom. The van der Waals surface area contributed by atoms with Crippen LogP contribution in [0.25, 0.3) is 0 Å². The Bertz CT molecular complexity index is 1520. The molecule has 53 heavy (non-hydrogen) atoms. The molecule has 5 aliphatic rings. The van der Waals surface area contributed by atoms with Crippen molar-refractivity contribution in [3.63, 3.8) is 0 Å². The molecule has 4 fully saturated rings. The summed E-state index contributed by atoms with van der Waals surface area (Å²) in [5.41, 5.74) is 1.02. The predicted molar refractivity (Wildman–Crippen MR) is 197 cm³/mol. The van der Waals surface area contributed by atoms with Crippen molar-refractivity contribution < 1.29 is 53.1 Å². The van der Waals surface area contributed by atoms with Gasteiger partial charge in [0.15, 0.2) is 12.4 Å². The molecule has 4 saturated carbocycles. The summed E-state index contributed by atoms with van der Waals surface area (Å²) in [4.78, 5) is 49.3. The molecule has 0 aromatic carbocycles. The number of esters is 3. The lowest BCUT2D eigenvalue weighted by Gasteiger charge is -2.69. The second-order valence-electron chi connectivity index (χ2n) is 16.7. The standard InChI is InChI=1S/C40H56Cl2O11/c1-21(2)9-8-10-24(36(47)48)34-26-17-27(44)35-38(5)15-14-28(51-33-12-11-29(50-31(45)19-41)37(53-33)52-32(46)20-42)22(3)25(38)13-16-39(35,6)40(26,7)18-30(34)49-23(4)43/h9,11-12,22,25-30,33,35,37,44H,8,10,13-20H2,1-7H3,(H,47,48)/b34-24-/t22-,25?,26-,27+,28+,29-,30-,33-,35?,37-,38-,39-,40-/m0/s1. The summed E-state index contributed by atoms with van der Waals surface area (Å²) >= 11 is 11.3. The molecule has 0 aromatic rings. The highest BCUT2D eigenvalue weighted by atomic mass is 35.5. The average Bonchev–Trinajstić information content (AvgIpc) is 3.35. The maximum absolute atomic E-state index is 12.9. The molecular weight excluding hydrogens is 727 g/mol. The Balaban J connectivity index is 1.40. The van der Waals surface area contributed by atoms with Gasteiger partial charge in [-0.15, -0.1) is 23.2 Å². The van der Waals surface area contributed by atoms with E-state index in [1.165, 1.54) is 6.92 Å². The molecule has 1 aliphatic heterocycles. The van der Waals surface area contributed by atoms with E-state index in [2.05, 4.69) is 27.7 Å². The van der Waals surface area contributed by atoms with Crippen molar-refractivity contribution in [3.8, 4) is 0 Å². The third-order valence-electron chi connectivity index (χ3n) is 13.6. The Kier molecular flexibility index (Phi) is 12.9. The van der Waals surface area contributed by atoms with Crippen molar-refractivity contribution >= 4 is 47.1 Å². The Morgan fingerprint density at radius 3 is 2.26 bits per heavy atom. The number of hydrogen-bond acceptors (Lipinski definition) is 10. The van der Waals surface area contributed by atoms with Crippen molar-refractivity contribution in [1.29, 1.82) is 0 Å². The van der Waals surface area contributed by atoms with E-state index in [9.17, 15) is 29.4 Å². The smallest absolute Gasteiger partial charge is 0.331 e. The van der Waals surface area contributed by atoms with Crippen LogP contribution in [-0.4, -0.2) is 82.8 Å². The summed E-state index contributed by atoms with van der Waals surface area (Å²) in [5.74, 6) is -3.72. The molecule has 4 aliphatic carbocycles. The molecule has 296 valence electrons. The van der Waals surface area contributed by atoms with Crippen LogP contribution in [0.1, 0.15) is 99.8 Å². The summed E-state index contributed by atoms with van der Waals surface area (Å²) in [6.07, 6.45) is 5.46. The van der Waals surface area contributed by atoms with Gasteiger partial charge in [0.2, 0.25) is 6.29 Å². The van der Waals surface area contributed by atoms with E-state index in [0.29, 0.717) is 43.3 Å². The number of ether oxygens (including phenoxy) is 5. The number of hydrogen-bond donors (Lipinski definition) is 2. The lowest BCUT2D eigenvalue weighted by molar-refractivity contribution is -0.282. The van der Waals surface area contributed by atoms with Crippen LogP contribution in [0.2, 0.25) is 0 Å². The second-order valence-corrected chi connectivity index (χ2v) is 17.3. The molecule has 0 amide bonds. The number of carboxylic acids is 1. The molecule has 0 saturated heterocycles. The first-order valence-electron chi connectivity index (χ1n) is 18.8. The van der Waals surface area contributed by atoms with Crippen LogP contribution in [0.15, 0.2) is 34.9 Å². The van der Waals surface area contributed by atoms with Crippen molar-refractivity contribution in [2.75, 3.05) is 11.8 Å². The van der Waals surface area contributed by atoms with Crippen LogP contribution in [0, 0.1) is 39.9 Å². The first-order valence-corrected chi connectivity index (χ1v) is 19.9. The first-order chi connectivity index (χ1) is 24.9. The van der Waals surface area contributed by atoms with Gasteiger partial charge < -0.3 is 33.9 Å². The lowest BCUT2D eigenvalue weighted by Crippen LogP contribution is -2.65. The molecule has 0 radical (unpaired) electrons. The van der Waals surface area contributed by atoms with Gasteiger partial charge in [-0.1, -0.05) is 39.3 Å². The Labute approximate surface area is 322 Å². The maximum Gasteiger partial charge on any atom is 0.331 e. The summed E-state index contributed by atoms with van der Waals surface area (Å²) in [5, 5.41) is 22.8. The molecule has 5 rings (SSSR count). The minimum atomic E-state index is -1.26. The fraction of sp³-hybridized carbons (Fsp3) is 0.750. The molecule has 2 N–H and O–H groups in total. The molecule has 13 heteroatoms. The van der Waals surface area contributed by atoms with Gasteiger partial charge in [-0.2, -0.15) is 0 Å². The highest BCUT2D eigenvalue weighted by Crippen LogP contribution is 2.74. The maximum atomic E-state index is 12.9. The highest BCUT2D eigenvalue weighted by Gasteiger charge is 2.71. The molecule has 13 atom stereocenters. The predicted octanol–water partition coefficient (Wildman–Crippen LogP) is 6.86. The van der Waals surface area contributed by atoms with Crippen LogP contribution in [0.4, 0.5) is 0 Å². The van der Waals surface area contributed by atoms with Crippen molar-refractivity contribution in [2.24, 2.45) is 39.9 Å². The van der Waals surface area contributed by atoms with E-state index in [4.69, 9.17) is 46.9 Å². The third kappa shape index (κ3) is 7.98. The van der Waals surface area contributed by atoms with E-state index in [0.717, 1.165) is 24.8 Å². The second kappa shape index (κ2) is 16.3. The fourth-order valence-electron chi connectivity index (χ4n) is 11.3. The van der Waals surface area contributed by atoms with Gasteiger partial charge in [0.05, 0.1) is 12.2 Å². The summed E-state index contributed by atoms with van der Waals surface area (Å²) in [7, 11) is 0. The topological polar surface area (TPSA) is 155 Å². The Morgan fingerprint density at radius 1 is 0.962 bits per heavy atom. The number of allylic oxidation sites excluding steroid dienone is 2. The van der Waals surface area contributed by atoms with Crippen LogP contribution in [0.5, 0.6) is 0 Å². The number of carbonyl (C=O) groups excluding carboxylic acids is 3. The van der Waals surface area contributed by atoms with Crippen LogP contribution < -0.4 is 0 Å². The van der Waals surface area contributed by atoms with Crippen LogP contribution in [0.3, 0.4) is 0 Å². The highest BCUT2D eigenvalue weighted by molar-refractivity contribution is 6.26. The van der Waals surface area contributed by atoms with Crippen LogP contribution >= 0.6 is 23.2 Å². The number of aliphatic hydroxyl groups excluding tert-OH is 1. The zero-order valence-corrected chi connectivity index (χ0v) is 33.4.